The second kappa shape index (κ2) is 7.49. The second-order valence-electron chi connectivity index (χ2n) is 5.61. The highest BCUT2D eigenvalue weighted by molar-refractivity contribution is 5.77. The minimum Gasteiger partial charge on any atom is -0.329 e. The molecule has 124 valence electrons. The largest absolute Gasteiger partial charge is 0.389 e. The summed E-state index contributed by atoms with van der Waals surface area (Å²) in [6.45, 7) is 3.69. The van der Waals surface area contributed by atoms with Crippen LogP contribution in [0.4, 0.5) is 13.2 Å². The molecule has 0 saturated heterocycles. The third kappa shape index (κ3) is 4.71. The maximum absolute atomic E-state index is 12.5. The molecule has 1 heterocycles. The zero-order valence-electron chi connectivity index (χ0n) is 12.8. The Kier molecular flexibility index (Phi) is 5.64. The van der Waals surface area contributed by atoms with E-state index in [4.69, 9.17) is 0 Å². The maximum Gasteiger partial charge on any atom is 0.389 e. The predicted octanol–water partition coefficient (Wildman–Crippen LogP) is 4.80. The van der Waals surface area contributed by atoms with Gasteiger partial charge in [0.15, 0.2) is 0 Å². The summed E-state index contributed by atoms with van der Waals surface area (Å²) in [4.78, 5) is 14.1. The van der Waals surface area contributed by atoms with Crippen LogP contribution in [0, 0.1) is 0 Å². The van der Waals surface area contributed by atoms with Gasteiger partial charge >= 0.3 is 6.18 Å². The zero-order valence-corrected chi connectivity index (χ0v) is 12.8. The van der Waals surface area contributed by atoms with Gasteiger partial charge in [-0.05, 0) is 18.4 Å². The van der Waals surface area contributed by atoms with Crippen LogP contribution in [0.2, 0.25) is 0 Å². The summed E-state index contributed by atoms with van der Waals surface area (Å²) < 4.78 is 37.3. The summed E-state index contributed by atoms with van der Waals surface area (Å²) in [7, 11) is 0. The summed E-state index contributed by atoms with van der Waals surface area (Å²) in [5, 5.41) is 0. The Labute approximate surface area is 134 Å². The highest BCUT2D eigenvalue weighted by Gasteiger charge is 2.34. The van der Waals surface area contributed by atoms with Gasteiger partial charge in [-0.2, -0.15) is 13.2 Å². The molecule has 23 heavy (non-hydrogen) atoms. The van der Waals surface area contributed by atoms with E-state index in [0.29, 0.717) is 12.8 Å². The van der Waals surface area contributed by atoms with Crippen LogP contribution in [0.5, 0.6) is 0 Å². The lowest BCUT2D eigenvalue weighted by Crippen LogP contribution is -2.44. The van der Waals surface area contributed by atoms with Crippen molar-refractivity contribution in [1.82, 2.24) is 4.90 Å². The summed E-state index contributed by atoms with van der Waals surface area (Å²) >= 11 is 0. The number of carbonyl (C=O) groups excluding carboxylic acids is 1. The molecule has 1 amide bonds. The van der Waals surface area contributed by atoms with Gasteiger partial charge in [0.25, 0.3) is 0 Å². The first-order valence-electron chi connectivity index (χ1n) is 7.63. The van der Waals surface area contributed by atoms with Gasteiger partial charge < -0.3 is 4.90 Å². The van der Waals surface area contributed by atoms with Crippen molar-refractivity contribution in [2.45, 2.75) is 43.9 Å². The molecule has 2 nitrogen and oxygen atoms in total. The van der Waals surface area contributed by atoms with Crippen LogP contribution in [0.25, 0.3) is 0 Å². The van der Waals surface area contributed by atoms with Crippen LogP contribution in [0.3, 0.4) is 0 Å². The molecule has 0 aromatic heterocycles. The second-order valence-corrected chi connectivity index (χ2v) is 5.61. The first-order chi connectivity index (χ1) is 10.9. The Morgan fingerprint density at radius 1 is 1.30 bits per heavy atom. The van der Waals surface area contributed by atoms with Crippen LogP contribution < -0.4 is 0 Å². The molecule has 2 atom stereocenters. The first-order valence-corrected chi connectivity index (χ1v) is 7.63. The zero-order chi connectivity index (χ0) is 16.9. The van der Waals surface area contributed by atoms with E-state index in [2.05, 4.69) is 6.58 Å². The third-order valence-electron chi connectivity index (χ3n) is 3.91. The van der Waals surface area contributed by atoms with E-state index in [1.54, 1.807) is 11.0 Å². The molecule has 0 fully saturated rings. The third-order valence-corrected chi connectivity index (χ3v) is 3.91. The topological polar surface area (TPSA) is 20.3 Å². The lowest BCUT2D eigenvalue weighted by Gasteiger charge is -2.39. The molecule has 1 aromatic carbocycles. The van der Waals surface area contributed by atoms with Crippen molar-refractivity contribution < 1.29 is 18.0 Å². The summed E-state index contributed by atoms with van der Waals surface area (Å²) in [6, 6.07) is 8.88. The fourth-order valence-corrected chi connectivity index (χ4v) is 2.86. The molecule has 0 saturated carbocycles. The van der Waals surface area contributed by atoms with Crippen LogP contribution in [-0.4, -0.2) is 23.0 Å². The van der Waals surface area contributed by atoms with Gasteiger partial charge in [-0.3, -0.25) is 4.79 Å². The lowest BCUT2D eigenvalue weighted by atomic mass is 9.94. The molecule has 2 rings (SSSR count). The van der Waals surface area contributed by atoms with Gasteiger partial charge in [0.2, 0.25) is 5.91 Å². The van der Waals surface area contributed by atoms with Gasteiger partial charge in [0.1, 0.15) is 0 Å². The number of nitrogens with zero attached hydrogens (tertiary/aromatic N) is 1. The monoisotopic (exact) mass is 323 g/mol. The molecular formula is C18H20F3NO. The average Bonchev–Trinajstić information content (AvgIpc) is 2.53. The molecule has 1 aliphatic rings. The molecule has 5 heteroatoms. The van der Waals surface area contributed by atoms with Crippen molar-refractivity contribution in [2.75, 3.05) is 0 Å². The molecule has 1 aromatic rings. The van der Waals surface area contributed by atoms with Crippen molar-refractivity contribution in [2.24, 2.45) is 0 Å². The number of halogens is 3. The van der Waals surface area contributed by atoms with Crippen molar-refractivity contribution in [3.05, 3.63) is 60.7 Å². The predicted molar refractivity (Wildman–Crippen MR) is 83.7 cm³/mol. The van der Waals surface area contributed by atoms with E-state index in [0.717, 1.165) is 5.56 Å². The minimum atomic E-state index is -4.32. The van der Waals surface area contributed by atoms with Crippen molar-refractivity contribution in [1.29, 1.82) is 0 Å². The van der Waals surface area contributed by atoms with Crippen LogP contribution >= 0.6 is 0 Å². The number of benzene rings is 1. The van der Waals surface area contributed by atoms with Gasteiger partial charge in [0.05, 0.1) is 12.5 Å². The van der Waals surface area contributed by atoms with Gasteiger partial charge in [-0.15, -0.1) is 6.58 Å². The van der Waals surface area contributed by atoms with E-state index in [9.17, 15) is 18.0 Å². The fourth-order valence-electron chi connectivity index (χ4n) is 2.86. The fraction of sp³-hybridized carbons (Fsp3) is 0.389. The molecular weight excluding hydrogens is 303 g/mol. The number of rotatable bonds is 5. The summed E-state index contributed by atoms with van der Waals surface area (Å²) in [6.07, 6.45) is 0.842. The van der Waals surface area contributed by atoms with E-state index in [1.807, 2.05) is 42.5 Å². The number of hydrogen-bond donors (Lipinski definition) is 0. The molecule has 0 aliphatic carbocycles. The SMILES string of the molecule is C=CC[C@@H]1CC=C[C@@H](c2ccccc2)N1C(=O)CCC(F)(F)F. The van der Waals surface area contributed by atoms with Crippen LogP contribution in [-0.2, 0) is 4.79 Å². The Balaban J connectivity index is 2.24. The van der Waals surface area contributed by atoms with Crippen LogP contribution in [0.15, 0.2) is 55.1 Å². The molecule has 0 spiro atoms. The van der Waals surface area contributed by atoms with Crippen molar-refractivity contribution in [3.8, 4) is 0 Å². The number of hydrogen-bond acceptors (Lipinski definition) is 1. The van der Waals surface area contributed by atoms with Crippen molar-refractivity contribution >= 4 is 5.91 Å². The Morgan fingerprint density at radius 2 is 2.00 bits per heavy atom. The van der Waals surface area contributed by atoms with E-state index in [1.165, 1.54) is 0 Å². The Bertz CT molecular complexity index is 565. The van der Waals surface area contributed by atoms with Crippen LogP contribution in [0.1, 0.15) is 37.3 Å². The Hall–Kier alpha value is -2.04. The molecule has 0 bridgehead atoms. The molecule has 1 aliphatic heterocycles. The number of amides is 1. The standard InChI is InChI=1S/C18H20F3NO/c1-2-7-15-10-6-11-16(14-8-4-3-5-9-14)22(15)17(23)12-13-18(19,20)21/h2-6,8-9,11,15-16H,1,7,10,12-13H2/t15-,16+/m1/s1. The van der Waals surface area contributed by atoms with E-state index < -0.39 is 24.9 Å². The summed E-state index contributed by atoms with van der Waals surface area (Å²) in [5.41, 5.74) is 0.901. The van der Waals surface area contributed by atoms with Gasteiger partial charge in [-0.25, -0.2) is 0 Å². The molecule has 0 radical (unpaired) electrons. The lowest BCUT2D eigenvalue weighted by molar-refractivity contribution is -0.151. The van der Waals surface area contributed by atoms with E-state index in [-0.39, 0.29) is 12.1 Å². The first kappa shape index (κ1) is 17.3. The average molecular weight is 323 g/mol. The quantitative estimate of drug-likeness (QED) is 0.713. The number of alkyl halides is 3. The van der Waals surface area contributed by atoms with E-state index >= 15 is 0 Å². The minimum absolute atomic E-state index is 0.150. The molecule has 0 unspecified atom stereocenters. The summed E-state index contributed by atoms with van der Waals surface area (Å²) in [5.74, 6) is -0.465. The van der Waals surface area contributed by atoms with Gasteiger partial charge in [-0.1, -0.05) is 48.6 Å². The highest BCUT2D eigenvalue weighted by atomic mass is 19.4. The Morgan fingerprint density at radius 3 is 2.61 bits per heavy atom. The smallest absolute Gasteiger partial charge is 0.329 e. The van der Waals surface area contributed by atoms with Gasteiger partial charge in [0, 0.05) is 12.5 Å². The van der Waals surface area contributed by atoms with Crippen molar-refractivity contribution in [3.63, 3.8) is 0 Å². The molecule has 0 N–H and O–H groups in total. The maximum atomic E-state index is 12.5. The number of carbonyl (C=O) groups is 1. The normalized spacial score (nSPS) is 21.3. The highest BCUT2D eigenvalue weighted by Crippen LogP contribution is 2.33.